The molecule has 0 N–H and O–H groups in total. The number of fused-ring (bicyclic) bond motifs is 1. The zero-order valence-corrected chi connectivity index (χ0v) is 24.9. The number of esters is 2. The lowest BCUT2D eigenvalue weighted by Gasteiger charge is -2.38. The van der Waals surface area contributed by atoms with Crippen molar-refractivity contribution in [2.24, 2.45) is 15.9 Å². The smallest absolute Gasteiger partial charge is 0.330 e. The molecule has 1 saturated carbocycles. The van der Waals surface area contributed by atoms with Crippen LogP contribution in [0.3, 0.4) is 0 Å². The number of carbonyl (C=O) groups excluding carboxylic acids is 3. The van der Waals surface area contributed by atoms with E-state index in [0.717, 1.165) is 43.2 Å². The Hall–Kier alpha value is -3.46. The molecule has 3 aliphatic rings. The molecule has 2 fully saturated rings. The number of rotatable bonds is 7. The molecule has 0 bridgehead atoms. The molecule has 9 heteroatoms. The number of thioether (sulfide) groups is 1. The van der Waals surface area contributed by atoms with E-state index in [-0.39, 0.29) is 19.3 Å². The third-order valence-corrected chi connectivity index (χ3v) is 8.98. The van der Waals surface area contributed by atoms with Crippen LogP contribution in [0.2, 0.25) is 0 Å². The Morgan fingerprint density at radius 1 is 0.902 bits per heavy atom. The molecule has 0 unspecified atom stereocenters. The first-order valence-corrected chi connectivity index (χ1v) is 15.3. The van der Waals surface area contributed by atoms with E-state index in [1.165, 1.54) is 16.7 Å². The number of aryl methyl sites for hydroxylation is 2. The molecule has 2 heterocycles. The Morgan fingerprint density at radius 3 is 1.98 bits per heavy atom. The lowest BCUT2D eigenvalue weighted by Crippen LogP contribution is -2.59. The van der Waals surface area contributed by atoms with Crippen LogP contribution >= 0.6 is 11.8 Å². The van der Waals surface area contributed by atoms with Crippen LogP contribution in [0.25, 0.3) is 0 Å². The van der Waals surface area contributed by atoms with Crippen LogP contribution in [0.1, 0.15) is 68.2 Å². The normalized spacial score (nSPS) is 23.2. The van der Waals surface area contributed by atoms with Gasteiger partial charge in [0.25, 0.3) is 5.91 Å². The highest BCUT2D eigenvalue weighted by atomic mass is 32.2. The predicted octanol–water partition coefficient (Wildman–Crippen LogP) is 5.33. The molecule has 0 aromatic heterocycles. The van der Waals surface area contributed by atoms with Gasteiger partial charge in [0.2, 0.25) is 0 Å². The molecular formula is C32H37N3O5S. The summed E-state index contributed by atoms with van der Waals surface area (Å²) >= 11 is 1.20. The third-order valence-electron chi connectivity index (χ3n) is 7.95. The lowest BCUT2D eigenvalue weighted by atomic mass is 9.81. The van der Waals surface area contributed by atoms with Crippen molar-refractivity contribution in [1.29, 1.82) is 0 Å². The molecule has 1 saturated heterocycles. The Bertz CT molecular complexity index is 1320. The van der Waals surface area contributed by atoms with E-state index in [1.54, 1.807) is 13.8 Å². The van der Waals surface area contributed by atoms with Crippen LogP contribution in [-0.4, -0.2) is 58.3 Å². The maximum absolute atomic E-state index is 14.8. The molecule has 216 valence electrons. The first-order chi connectivity index (χ1) is 19.8. The molecule has 5 rings (SSSR count). The highest BCUT2D eigenvalue weighted by Gasteiger charge is 2.60. The quantitative estimate of drug-likeness (QED) is 0.414. The van der Waals surface area contributed by atoms with Crippen molar-refractivity contribution in [2.75, 3.05) is 13.2 Å². The minimum atomic E-state index is -1.44. The Kier molecular flexibility index (Phi) is 8.63. The molecule has 2 aromatic rings. The number of aliphatic imine (C=N–C) groups is 2. The summed E-state index contributed by atoms with van der Waals surface area (Å²) in [6.07, 6.45) is 5.11. The van der Waals surface area contributed by atoms with Crippen LogP contribution in [0.4, 0.5) is 0 Å². The summed E-state index contributed by atoms with van der Waals surface area (Å²) in [5.41, 5.74) is 2.02. The van der Waals surface area contributed by atoms with Gasteiger partial charge in [0.1, 0.15) is 5.92 Å². The van der Waals surface area contributed by atoms with E-state index in [0.29, 0.717) is 21.3 Å². The average Bonchev–Trinajstić information content (AvgIpc) is 3.26. The first-order valence-electron chi connectivity index (χ1n) is 14.5. The van der Waals surface area contributed by atoms with Crippen molar-refractivity contribution in [3.05, 3.63) is 70.8 Å². The fraction of sp³-hybridized carbons (Fsp3) is 0.469. The summed E-state index contributed by atoms with van der Waals surface area (Å²) in [4.78, 5) is 53.5. The van der Waals surface area contributed by atoms with E-state index in [1.807, 2.05) is 62.4 Å². The zero-order chi connectivity index (χ0) is 29.1. The predicted molar refractivity (Wildman–Crippen MR) is 160 cm³/mol. The van der Waals surface area contributed by atoms with E-state index in [2.05, 4.69) is 0 Å². The number of carbonyl (C=O) groups is 3. The molecule has 2 aromatic carbocycles. The number of ether oxygens (including phenoxy) is 2. The molecule has 1 aliphatic carbocycles. The van der Waals surface area contributed by atoms with Crippen molar-refractivity contribution >= 4 is 39.8 Å². The number of nitrogens with zero attached hydrogens (tertiary/aromatic N) is 3. The average molecular weight is 576 g/mol. The van der Waals surface area contributed by atoms with Gasteiger partial charge in [-0.05, 0) is 63.4 Å². The van der Waals surface area contributed by atoms with Crippen LogP contribution in [0.5, 0.6) is 0 Å². The SMILES string of the molecule is CCOC(=O)[C@@H]1C(=NC2CCCCC2)SC2=NC(c3ccc(C)cc3)(c3ccc(C)cc3)C(=O)N2[C@@H]1C(=O)OCC. The number of benzene rings is 2. The zero-order valence-electron chi connectivity index (χ0n) is 24.1. The summed E-state index contributed by atoms with van der Waals surface area (Å²) < 4.78 is 11.0. The van der Waals surface area contributed by atoms with Crippen LogP contribution < -0.4 is 0 Å². The van der Waals surface area contributed by atoms with Crippen LogP contribution in [0.15, 0.2) is 58.5 Å². The molecule has 1 amide bonds. The van der Waals surface area contributed by atoms with Crippen molar-refractivity contribution in [2.45, 2.75) is 77.4 Å². The first kappa shape index (κ1) is 29.0. The van der Waals surface area contributed by atoms with Crippen molar-refractivity contribution in [3.8, 4) is 0 Å². The van der Waals surface area contributed by atoms with Crippen LogP contribution in [-0.2, 0) is 29.4 Å². The van der Waals surface area contributed by atoms with Crippen molar-refractivity contribution in [1.82, 2.24) is 4.90 Å². The highest BCUT2D eigenvalue weighted by molar-refractivity contribution is 8.26. The van der Waals surface area contributed by atoms with Crippen LogP contribution in [0, 0.1) is 19.8 Å². The number of hydrogen-bond donors (Lipinski definition) is 0. The molecule has 41 heavy (non-hydrogen) atoms. The number of hydrogen-bond acceptors (Lipinski definition) is 8. The number of amides is 1. The second kappa shape index (κ2) is 12.2. The van der Waals surface area contributed by atoms with Gasteiger partial charge in [0.05, 0.1) is 24.3 Å². The Labute approximate surface area is 245 Å². The fourth-order valence-electron chi connectivity index (χ4n) is 5.82. The summed E-state index contributed by atoms with van der Waals surface area (Å²) in [6, 6.07) is 14.2. The maximum Gasteiger partial charge on any atom is 0.330 e. The topological polar surface area (TPSA) is 97.6 Å². The highest BCUT2D eigenvalue weighted by Crippen LogP contribution is 2.47. The molecule has 0 spiro atoms. The maximum atomic E-state index is 14.8. The van der Waals surface area contributed by atoms with E-state index < -0.39 is 35.3 Å². The fourth-order valence-corrected chi connectivity index (χ4v) is 7.04. The van der Waals surface area contributed by atoms with Gasteiger partial charge >= 0.3 is 11.9 Å². The summed E-state index contributed by atoms with van der Waals surface area (Å²) in [5.74, 6) is -2.78. The Morgan fingerprint density at radius 2 is 1.44 bits per heavy atom. The molecule has 2 aliphatic heterocycles. The van der Waals surface area contributed by atoms with E-state index >= 15 is 0 Å². The second-order valence-corrected chi connectivity index (χ2v) is 11.8. The third kappa shape index (κ3) is 5.44. The van der Waals surface area contributed by atoms with E-state index in [4.69, 9.17) is 19.5 Å². The minimum Gasteiger partial charge on any atom is -0.465 e. The van der Waals surface area contributed by atoms with Gasteiger partial charge in [-0.2, -0.15) is 0 Å². The largest absolute Gasteiger partial charge is 0.465 e. The second-order valence-electron chi connectivity index (χ2n) is 10.8. The van der Waals surface area contributed by atoms with Gasteiger partial charge in [-0.1, -0.05) is 78.9 Å². The lowest BCUT2D eigenvalue weighted by molar-refractivity contribution is -0.159. The van der Waals surface area contributed by atoms with Crippen molar-refractivity contribution < 1.29 is 23.9 Å². The molecule has 2 atom stereocenters. The van der Waals surface area contributed by atoms with Gasteiger partial charge < -0.3 is 9.47 Å². The summed E-state index contributed by atoms with van der Waals surface area (Å²) in [6.45, 7) is 7.63. The van der Waals surface area contributed by atoms with Gasteiger partial charge in [-0.3, -0.25) is 19.5 Å². The molecule has 8 nitrogen and oxygen atoms in total. The minimum absolute atomic E-state index is 0.0363. The van der Waals surface area contributed by atoms with Gasteiger partial charge in [0, 0.05) is 0 Å². The number of amidine groups is 1. The standard InChI is InChI=1S/C32H37N3O5S/c1-5-39-28(36)25-26(29(37)40-6-2)35-30(38)32(22-16-12-20(3)13-17-22,23-18-14-21(4)15-19-23)34-31(35)41-27(25)33-24-10-8-7-9-11-24/h12-19,24-26H,5-11H2,1-4H3/t25-,26-/m0/s1. The van der Waals surface area contributed by atoms with Crippen molar-refractivity contribution in [3.63, 3.8) is 0 Å². The van der Waals surface area contributed by atoms with Gasteiger partial charge in [-0.25, -0.2) is 9.79 Å². The molecular weight excluding hydrogens is 538 g/mol. The summed E-state index contributed by atoms with van der Waals surface area (Å²) in [7, 11) is 0. The van der Waals surface area contributed by atoms with Gasteiger partial charge in [-0.15, -0.1) is 0 Å². The summed E-state index contributed by atoms with van der Waals surface area (Å²) in [5, 5.41) is 0.795. The Balaban J connectivity index is 1.71. The monoisotopic (exact) mass is 575 g/mol. The molecule has 0 radical (unpaired) electrons. The van der Waals surface area contributed by atoms with E-state index in [9.17, 15) is 14.4 Å². The van der Waals surface area contributed by atoms with Gasteiger partial charge in [0.15, 0.2) is 16.7 Å².